The molecule has 0 unspecified atom stereocenters. The Morgan fingerprint density at radius 3 is 2.70 bits per heavy atom. The van der Waals surface area contributed by atoms with Crippen LogP contribution in [0.3, 0.4) is 0 Å². The predicted molar refractivity (Wildman–Crippen MR) is 70.3 cm³/mol. The molecule has 20 heavy (non-hydrogen) atoms. The van der Waals surface area contributed by atoms with Gasteiger partial charge in [0.05, 0.1) is 23.7 Å². The van der Waals surface area contributed by atoms with Crippen molar-refractivity contribution in [1.29, 1.82) is 0 Å². The zero-order valence-corrected chi connectivity index (χ0v) is 11.5. The van der Waals surface area contributed by atoms with Crippen LogP contribution in [0.15, 0.2) is 17.5 Å². The first-order valence-corrected chi connectivity index (χ1v) is 6.85. The summed E-state index contributed by atoms with van der Waals surface area (Å²) < 4.78 is 39.1. The Morgan fingerprint density at radius 2 is 2.05 bits per heavy atom. The van der Waals surface area contributed by atoms with Gasteiger partial charge < -0.3 is 5.32 Å². The number of hydrogen-bond acceptors (Lipinski definition) is 3. The Kier molecular flexibility index (Phi) is 4.61. The van der Waals surface area contributed by atoms with Crippen molar-refractivity contribution in [2.75, 3.05) is 5.32 Å². The molecule has 0 saturated carbocycles. The van der Waals surface area contributed by atoms with Crippen LogP contribution in [0.1, 0.15) is 10.7 Å². The van der Waals surface area contributed by atoms with Gasteiger partial charge >= 0.3 is 0 Å². The number of carbonyl (C=O) groups is 1. The fourth-order valence-corrected chi connectivity index (χ4v) is 2.47. The molecule has 0 aliphatic heterocycles. The van der Waals surface area contributed by atoms with Gasteiger partial charge in [-0.1, -0.05) is 0 Å². The Morgan fingerprint density at radius 1 is 1.30 bits per heavy atom. The number of carbonyl (C=O) groups excluding carboxylic acids is 1. The Balaban J connectivity index is 2.06. The third kappa shape index (κ3) is 3.29. The number of rotatable bonds is 4. The van der Waals surface area contributed by atoms with E-state index in [1.54, 1.807) is 5.38 Å². The third-order valence-electron chi connectivity index (χ3n) is 2.36. The minimum absolute atomic E-state index is 0.0972. The summed E-state index contributed by atoms with van der Waals surface area (Å²) in [7, 11) is 0. The smallest absolute Gasteiger partial charge is 0.231 e. The Bertz CT molecular complexity index is 648. The predicted octanol–water partition coefficient (Wildman–Crippen LogP) is 3.48. The SMILES string of the molecule is O=C(Cc1nc(CCl)cs1)Nc1ccc(F)c(F)c1F. The minimum Gasteiger partial charge on any atom is -0.323 e. The quantitative estimate of drug-likeness (QED) is 0.692. The fraction of sp³-hybridized carbons (Fsp3) is 0.167. The number of amides is 1. The highest BCUT2D eigenvalue weighted by Gasteiger charge is 2.16. The molecular weight excluding hydrogens is 313 g/mol. The Hall–Kier alpha value is -1.60. The van der Waals surface area contributed by atoms with E-state index in [1.807, 2.05) is 0 Å². The second-order valence-electron chi connectivity index (χ2n) is 3.81. The van der Waals surface area contributed by atoms with E-state index in [0.29, 0.717) is 10.7 Å². The molecule has 1 N–H and O–H groups in total. The van der Waals surface area contributed by atoms with Gasteiger partial charge in [0, 0.05) is 5.38 Å². The molecule has 106 valence electrons. The van der Waals surface area contributed by atoms with Gasteiger partial charge in [-0.15, -0.1) is 22.9 Å². The van der Waals surface area contributed by atoms with Crippen molar-refractivity contribution in [3.8, 4) is 0 Å². The molecular formula is C12H8ClF3N2OS. The van der Waals surface area contributed by atoms with E-state index in [0.717, 1.165) is 12.1 Å². The third-order valence-corrected chi connectivity index (χ3v) is 3.53. The summed E-state index contributed by atoms with van der Waals surface area (Å²) in [6.07, 6.45) is -0.0972. The molecule has 0 aliphatic rings. The maximum absolute atomic E-state index is 13.4. The molecule has 0 atom stereocenters. The number of nitrogens with one attached hydrogen (secondary N) is 1. The normalized spacial score (nSPS) is 10.6. The first-order valence-electron chi connectivity index (χ1n) is 5.44. The van der Waals surface area contributed by atoms with Crippen LogP contribution >= 0.6 is 22.9 Å². The number of benzene rings is 1. The van der Waals surface area contributed by atoms with Crippen molar-refractivity contribution < 1.29 is 18.0 Å². The van der Waals surface area contributed by atoms with E-state index in [4.69, 9.17) is 11.6 Å². The summed E-state index contributed by atoms with van der Waals surface area (Å²) in [5.74, 6) is -4.71. The van der Waals surface area contributed by atoms with E-state index < -0.39 is 29.0 Å². The molecule has 0 fully saturated rings. The van der Waals surface area contributed by atoms with Crippen LogP contribution in [-0.2, 0) is 17.1 Å². The molecule has 0 bridgehead atoms. The summed E-state index contributed by atoms with van der Waals surface area (Å²) in [6.45, 7) is 0. The maximum atomic E-state index is 13.4. The zero-order valence-electron chi connectivity index (χ0n) is 9.92. The second-order valence-corrected chi connectivity index (χ2v) is 5.02. The van der Waals surface area contributed by atoms with Gasteiger partial charge in [-0.05, 0) is 12.1 Å². The van der Waals surface area contributed by atoms with Gasteiger partial charge in [-0.2, -0.15) is 0 Å². The summed E-state index contributed by atoms with van der Waals surface area (Å²) in [4.78, 5) is 15.7. The van der Waals surface area contributed by atoms with Crippen molar-refractivity contribution in [3.63, 3.8) is 0 Å². The van der Waals surface area contributed by atoms with E-state index in [9.17, 15) is 18.0 Å². The molecule has 0 radical (unpaired) electrons. The van der Waals surface area contributed by atoms with Crippen molar-refractivity contribution in [2.24, 2.45) is 0 Å². The molecule has 0 spiro atoms. The zero-order chi connectivity index (χ0) is 14.7. The van der Waals surface area contributed by atoms with Gasteiger partial charge in [0.15, 0.2) is 17.5 Å². The Labute approximate surface area is 121 Å². The molecule has 1 amide bonds. The van der Waals surface area contributed by atoms with Crippen molar-refractivity contribution in [2.45, 2.75) is 12.3 Å². The lowest BCUT2D eigenvalue weighted by molar-refractivity contribution is -0.115. The lowest BCUT2D eigenvalue weighted by atomic mass is 10.2. The lowest BCUT2D eigenvalue weighted by Gasteiger charge is -2.06. The molecule has 2 aromatic rings. The largest absolute Gasteiger partial charge is 0.323 e. The summed E-state index contributed by atoms with van der Waals surface area (Å²) >= 11 is 6.82. The standard InChI is InChI=1S/C12H8ClF3N2OS/c13-4-6-5-20-10(17-6)3-9(19)18-8-2-1-7(14)11(15)12(8)16/h1-2,5H,3-4H2,(H,18,19). The summed E-state index contributed by atoms with van der Waals surface area (Å²) in [5.41, 5.74) is 0.224. The van der Waals surface area contributed by atoms with Gasteiger partial charge in [0.25, 0.3) is 0 Å². The number of anilines is 1. The van der Waals surface area contributed by atoms with Gasteiger partial charge in [0.2, 0.25) is 5.91 Å². The van der Waals surface area contributed by atoms with Crippen LogP contribution in [0.5, 0.6) is 0 Å². The van der Waals surface area contributed by atoms with Gasteiger partial charge in [-0.25, -0.2) is 18.2 Å². The molecule has 2 rings (SSSR count). The summed E-state index contributed by atoms with van der Waals surface area (Å²) in [5, 5.41) is 4.37. The number of nitrogens with zero attached hydrogens (tertiary/aromatic N) is 1. The van der Waals surface area contributed by atoms with E-state index in [1.165, 1.54) is 11.3 Å². The molecule has 0 aliphatic carbocycles. The minimum atomic E-state index is -1.62. The number of halogens is 4. The van der Waals surface area contributed by atoms with Crippen LogP contribution in [0.4, 0.5) is 18.9 Å². The second kappa shape index (κ2) is 6.23. The average molecular weight is 321 g/mol. The molecule has 1 heterocycles. The fourth-order valence-electron chi connectivity index (χ4n) is 1.45. The van der Waals surface area contributed by atoms with Crippen LogP contribution in [-0.4, -0.2) is 10.9 Å². The topological polar surface area (TPSA) is 42.0 Å². The number of hydrogen-bond donors (Lipinski definition) is 1. The van der Waals surface area contributed by atoms with Crippen molar-refractivity contribution >= 4 is 34.5 Å². The lowest BCUT2D eigenvalue weighted by Crippen LogP contribution is -2.16. The molecule has 8 heteroatoms. The van der Waals surface area contributed by atoms with Gasteiger partial charge in [0.1, 0.15) is 5.01 Å². The molecule has 1 aromatic carbocycles. The van der Waals surface area contributed by atoms with Gasteiger partial charge in [-0.3, -0.25) is 4.79 Å². The molecule has 1 aromatic heterocycles. The average Bonchev–Trinajstić information content (AvgIpc) is 2.87. The van der Waals surface area contributed by atoms with Crippen LogP contribution < -0.4 is 5.32 Å². The highest BCUT2D eigenvalue weighted by atomic mass is 35.5. The number of alkyl halides is 1. The van der Waals surface area contributed by atoms with E-state index in [-0.39, 0.29) is 12.3 Å². The molecule has 0 saturated heterocycles. The van der Waals surface area contributed by atoms with Crippen LogP contribution in [0.25, 0.3) is 0 Å². The maximum Gasteiger partial charge on any atom is 0.231 e. The first-order chi connectivity index (χ1) is 9.51. The highest BCUT2D eigenvalue weighted by molar-refractivity contribution is 7.09. The van der Waals surface area contributed by atoms with Crippen molar-refractivity contribution in [3.05, 3.63) is 45.7 Å². The highest BCUT2D eigenvalue weighted by Crippen LogP contribution is 2.20. The van der Waals surface area contributed by atoms with E-state index in [2.05, 4.69) is 10.3 Å². The number of aromatic nitrogens is 1. The monoisotopic (exact) mass is 320 g/mol. The van der Waals surface area contributed by atoms with E-state index >= 15 is 0 Å². The van der Waals surface area contributed by atoms with Crippen LogP contribution in [0.2, 0.25) is 0 Å². The van der Waals surface area contributed by atoms with Crippen LogP contribution in [0, 0.1) is 17.5 Å². The number of thiazole rings is 1. The first kappa shape index (κ1) is 14.8. The molecule has 3 nitrogen and oxygen atoms in total. The summed E-state index contributed by atoms with van der Waals surface area (Å²) in [6, 6.07) is 1.70. The van der Waals surface area contributed by atoms with Crippen molar-refractivity contribution in [1.82, 2.24) is 4.98 Å².